The Hall–Kier alpha value is -3.00. The number of fused-ring (bicyclic) bond motifs is 1. The van der Waals surface area contributed by atoms with E-state index in [1.165, 1.54) is 94.3 Å². The third kappa shape index (κ3) is 7.79. The fourth-order valence-electron chi connectivity index (χ4n) is 6.87. The highest BCUT2D eigenvalue weighted by Crippen LogP contribution is 2.37. The number of rotatable bonds is 12. The smallest absolute Gasteiger partial charge is 0.229 e. The van der Waals surface area contributed by atoms with Crippen LogP contribution in [-0.2, 0) is 6.54 Å². The van der Waals surface area contributed by atoms with Crippen LogP contribution in [0.2, 0.25) is 5.02 Å². The van der Waals surface area contributed by atoms with Gasteiger partial charge < -0.3 is 14.8 Å². The number of hydrogen-bond acceptors (Lipinski definition) is 5. The van der Waals surface area contributed by atoms with E-state index >= 15 is 0 Å². The number of halogens is 2. The van der Waals surface area contributed by atoms with Crippen LogP contribution in [0.15, 0.2) is 54.9 Å². The van der Waals surface area contributed by atoms with Crippen LogP contribution in [0.4, 0.5) is 16.0 Å². The fourth-order valence-corrected chi connectivity index (χ4v) is 7.09. The molecule has 0 bridgehead atoms. The number of unbranched alkanes of at least 4 members (excludes halogenated alkanes) is 4. The van der Waals surface area contributed by atoms with Crippen molar-refractivity contribution in [3.05, 3.63) is 71.3 Å². The lowest BCUT2D eigenvalue weighted by molar-refractivity contribution is 0.125. The number of piperazine rings is 1. The highest BCUT2D eigenvalue weighted by atomic mass is 35.5. The molecule has 234 valence electrons. The summed E-state index contributed by atoms with van der Waals surface area (Å²) in [7, 11) is 0. The molecule has 8 heteroatoms. The summed E-state index contributed by atoms with van der Waals surface area (Å²) >= 11 is 6.08. The Kier molecular flexibility index (Phi) is 10.5. The van der Waals surface area contributed by atoms with Crippen molar-refractivity contribution < 1.29 is 4.39 Å². The molecule has 4 aromatic rings. The second-order valence-electron chi connectivity index (χ2n) is 12.7. The molecule has 2 fully saturated rings. The molecule has 0 spiro atoms. The second kappa shape index (κ2) is 14.9. The minimum absolute atomic E-state index is 0.334. The molecule has 0 unspecified atom stereocenters. The van der Waals surface area contributed by atoms with Gasteiger partial charge in [0.2, 0.25) is 5.95 Å². The predicted octanol–water partition coefficient (Wildman–Crippen LogP) is 9.23. The van der Waals surface area contributed by atoms with Crippen LogP contribution >= 0.6 is 11.6 Å². The SMILES string of the molecule is CCCCCCCN1CCN(Cc2ccc(-c3cn(C4CCCCC4)c4nc(Nc5cc(F)cc(Cl)c5)ncc34)cc2)CC1. The average Bonchev–Trinajstić information content (AvgIpc) is 3.41. The standard InChI is InChI=1S/C36H46ClFN6/c1-2-3-4-5-9-16-42-17-19-43(20-18-42)25-27-12-14-28(15-13-27)34-26-44(32-10-7-6-8-11-32)35-33(34)24-39-36(41-35)40-31-22-29(37)21-30(38)23-31/h12-15,21-24,26,32H,2-11,16-20,25H2,1H3,(H,39,40,41). The Bertz CT molecular complexity index is 1490. The van der Waals surface area contributed by atoms with Crippen LogP contribution in [0.5, 0.6) is 0 Å². The molecule has 1 aliphatic carbocycles. The topological polar surface area (TPSA) is 49.2 Å². The molecule has 6 nitrogen and oxygen atoms in total. The lowest BCUT2D eigenvalue weighted by Crippen LogP contribution is -2.46. The van der Waals surface area contributed by atoms with E-state index in [1.54, 1.807) is 6.07 Å². The van der Waals surface area contributed by atoms with Crippen molar-refractivity contribution in [3.8, 4) is 11.1 Å². The molecule has 6 rings (SSSR count). The summed E-state index contributed by atoms with van der Waals surface area (Å²) in [6, 6.07) is 13.9. The zero-order chi connectivity index (χ0) is 30.3. The number of anilines is 2. The van der Waals surface area contributed by atoms with Crippen molar-refractivity contribution in [3.63, 3.8) is 0 Å². The van der Waals surface area contributed by atoms with Gasteiger partial charge in [-0.2, -0.15) is 4.98 Å². The molecule has 0 amide bonds. The van der Waals surface area contributed by atoms with Gasteiger partial charge in [-0.15, -0.1) is 0 Å². The van der Waals surface area contributed by atoms with Crippen LogP contribution in [0.1, 0.15) is 82.7 Å². The average molecular weight is 617 g/mol. The van der Waals surface area contributed by atoms with E-state index in [2.05, 4.69) is 62.1 Å². The molecule has 1 aliphatic heterocycles. The third-order valence-electron chi connectivity index (χ3n) is 9.37. The maximum Gasteiger partial charge on any atom is 0.229 e. The van der Waals surface area contributed by atoms with Crippen molar-refractivity contribution in [1.29, 1.82) is 0 Å². The number of benzene rings is 2. The molecule has 0 atom stereocenters. The molecule has 44 heavy (non-hydrogen) atoms. The van der Waals surface area contributed by atoms with Crippen LogP contribution < -0.4 is 5.32 Å². The van der Waals surface area contributed by atoms with Crippen LogP contribution in [0, 0.1) is 5.82 Å². The fraction of sp³-hybridized carbons (Fsp3) is 0.500. The summed E-state index contributed by atoms with van der Waals surface area (Å²) < 4.78 is 16.3. The normalized spacial score (nSPS) is 17.0. The van der Waals surface area contributed by atoms with E-state index in [9.17, 15) is 4.39 Å². The Balaban J connectivity index is 1.15. The highest BCUT2D eigenvalue weighted by molar-refractivity contribution is 6.30. The van der Waals surface area contributed by atoms with E-state index in [1.807, 2.05) is 6.20 Å². The second-order valence-corrected chi connectivity index (χ2v) is 13.1. The zero-order valence-corrected chi connectivity index (χ0v) is 26.8. The Morgan fingerprint density at radius 3 is 2.41 bits per heavy atom. The van der Waals surface area contributed by atoms with E-state index in [0.29, 0.717) is 22.7 Å². The molecule has 1 saturated carbocycles. The molecule has 2 aromatic heterocycles. The first-order valence-corrected chi connectivity index (χ1v) is 17.1. The van der Waals surface area contributed by atoms with Crippen molar-refractivity contribution in [1.82, 2.24) is 24.3 Å². The quantitative estimate of drug-likeness (QED) is 0.161. The zero-order valence-electron chi connectivity index (χ0n) is 26.1. The Labute approximate surface area is 266 Å². The van der Waals surface area contributed by atoms with Crippen molar-refractivity contribution in [2.24, 2.45) is 0 Å². The number of nitrogens with one attached hydrogen (secondary N) is 1. The maximum atomic E-state index is 14.0. The minimum Gasteiger partial charge on any atom is -0.329 e. The summed E-state index contributed by atoms with van der Waals surface area (Å²) in [6.45, 7) is 9.16. The van der Waals surface area contributed by atoms with E-state index in [4.69, 9.17) is 16.6 Å². The van der Waals surface area contributed by atoms with Gasteiger partial charge in [-0.3, -0.25) is 4.90 Å². The van der Waals surface area contributed by atoms with Gasteiger partial charge in [0.15, 0.2) is 0 Å². The molecule has 1 saturated heterocycles. The van der Waals surface area contributed by atoms with Gasteiger partial charge in [-0.1, -0.05) is 87.7 Å². The van der Waals surface area contributed by atoms with Crippen LogP contribution in [0.3, 0.4) is 0 Å². The summed E-state index contributed by atoms with van der Waals surface area (Å²) in [5.41, 5.74) is 5.14. The molecule has 2 aromatic carbocycles. The largest absolute Gasteiger partial charge is 0.329 e. The lowest BCUT2D eigenvalue weighted by atomic mass is 9.95. The summed E-state index contributed by atoms with van der Waals surface area (Å²) in [4.78, 5) is 14.8. The summed E-state index contributed by atoms with van der Waals surface area (Å²) in [5, 5.41) is 4.53. The van der Waals surface area contributed by atoms with Gasteiger partial charge in [0, 0.05) is 72.8 Å². The molecule has 3 heterocycles. The van der Waals surface area contributed by atoms with E-state index < -0.39 is 5.82 Å². The molecule has 0 radical (unpaired) electrons. The third-order valence-corrected chi connectivity index (χ3v) is 9.59. The first kappa shape index (κ1) is 31.0. The molecular weight excluding hydrogens is 571 g/mol. The summed E-state index contributed by atoms with van der Waals surface area (Å²) in [5.74, 6) is 0.0423. The van der Waals surface area contributed by atoms with Gasteiger partial charge in [0.1, 0.15) is 11.5 Å². The minimum atomic E-state index is -0.396. The molecule has 2 aliphatic rings. The van der Waals surface area contributed by atoms with Crippen molar-refractivity contribution in [2.45, 2.75) is 83.7 Å². The van der Waals surface area contributed by atoms with Gasteiger partial charge in [-0.05, 0) is 55.1 Å². The van der Waals surface area contributed by atoms with Crippen molar-refractivity contribution in [2.75, 3.05) is 38.0 Å². The Morgan fingerprint density at radius 1 is 0.909 bits per heavy atom. The first-order valence-electron chi connectivity index (χ1n) is 16.7. The van der Waals surface area contributed by atoms with Gasteiger partial charge in [0.05, 0.1) is 0 Å². The van der Waals surface area contributed by atoms with Gasteiger partial charge in [0.25, 0.3) is 0 Å². The monoisotopic (exact) mass is 616 g/mol. The predicted molar refractivity (Wildman–Crippen MR) is 180 cm³/mol. The maximum absolute atomic E-state index is 14.0. The highest BCUT2D eigenvalue weighted by Gasteiger charge is 2.22. The van der Waals surface area contributed by atoms with Crippen molar-refractivity contribution >= 4 is 34.3 Å². The van der Waals surface area contributed by atoms with Crippen LogP contribution in [0.25, 0.3) is 22.2 Å². The number of nitrogens with zero attached hydrogens (tertiary/aromatic N) is 5. The van der Waals surface area contributed by atoms with Crippen LogP contribution in [-0.4, -0.2) is 57.1 Å². The summed E-state index contributed by atoms with van der Waals surface area (Å²) in [6.07, 6.45) is 17.0. The molecular formula is C36H46ClFN6. The first-order chi connectivity index (χ1) is 21.6. The molecule has 1 N–H and O–H groups in total. The Morgan fingerprint density at radius 2 is 1.66 bits per heavy atom. The van der Waals surface area contributed by atoms with Gasteiger partial charge >= 0.3 is 0 Å². The van der Waals surface area contributed by atoms with E-state index in [-0.39, 0.29) is 0 Å². The number of hydrogen-bond donors (Lipinski definition) is 1. The van der Waals surface area contributed by atoms with E-state index in [0.717, 1.165) is 49.1 Å². The lowest BCUT2D eigenvalue weighted by Gasteiger charge is -2.34. The number of aromatic nitrogens is 3. The van der Waals surface area contributed by atoms with Gasteiger partial charge in [-0.25, -0.2) is 9.37 Å².